The zero-order valence-electron chi connectivity index (χ0n) is 13.3. The van der Waals surface area contributed by atoms with Crippen molar-refractivity contribution in [2.24, 2.45) is 10.7 Å². The number of guanidine groups is 1. The number of nitrogens with one attached hydrogen (secondary N) is 1. The first-order chi connectivity index (χ1) is 11.9. The van der Waals surface area contributed by atoms with Gasteiger partial charge in [-0.1, -0.05) is 6.07 Å². The zero-order valence-corrected chi connectivity index (χ0v) is 15.6. The van der Waals surface area contributed by atoms with Crippen molar-refractivity contribution >= 4 is 41.3 Å². The topological polar surface area (TPSA) is 76.9 Å². The molecule has 3 aromatic rings. The van der Waals surface area contributed by atoms with E-state index < -0.39 is 6.36 Å². The van der Waals surface area contributed by atoms with Gasteiger partial charge in [-0.2, -0.15) is 0 Å². The molecule has 2 heterocycles. The second kappa shape index (κ2) is 8.25. The summed E-state index contributed by atoms with van der Waals surface area (Å²) in [6, 6.07) is 10.8. The number of fused-ring (bicyclic) bond motifs is 1. The summed E-state index contributed by atoms with van der Waals surface area (Å²) in [5.74, 6) is -0.181. The summed E-state index contributed by atoms with van der Waals surface area (Å²) in [6.45, 7) is 0.274. The Labute approximate surface area is 163 Å². The van der Waals surface area contributed by atoms with Gasteiger partial charge in [0, 0.05) is 18.1 Å². The van der Waals surface area contributed by atoms with Crippen LogP contribution in [-0.4, -0.2) is 21.7 Å². The minimum atomic E-state index is -4.72. The number of ether oxygens (including phenoxy) is 1. The highest BCUT2D eigenvalue weighted by atomic mass is 127. The molecule has 0 bridgehead atoms. The van der Waals surface area contributed by atoms with Crippen LogP contribution in [0.3, 0.4) is 0 Å². The van der Waals surface area contributed by atoms with Gasteiger partial charge in [0.05, 0.1) is 12.2 Å². The number of aromatic nitrogens is 2. The molecule has 0 unspecified atom stereocenters. The Morgan fingerprint density at radius 1 is 1.19 bits per heavy atom. The van der Waals surface area contributed by atoms with Crippen LogP contribution in [0.1, 0.15) is 5.69 Å². The summed E-state index contributed by atoms with van der Waals surface area (Å²) in [5, 5.41) is 2.79. The molecular weight excluding hydrogens is 462 g/mol. The van der Waals surface area contributed by atoms with Crippen molar-refractivity contribution in [3.8, 4) is 5.75 Å². The van der Waals surface area contributed by atoms with E-state index in [1.807, 2.05) is 35.0 Å². The lowest BCUT2D eigenvalue weighted by Crippen LogP contribution is -2.22. The molecular formula is C16H15F3IN5O. The van der Waals surface area contributed by atoms with Crippen molar-refractivity contribution in [2.75, 3.05) is 5.32 Å². The van der Waals surface area contributed by atoms with Crippen molar-refractivity contribution in [1.82, 2.24) is 9.38 Å². The highest BCUT2D eigenvalue weighted by molar-refractivity contribution is 14.0. The number of aliphatic imine (C=N–C) groups is 1. The van der Waals surface area contributed by atoms with Crippen LogP contribution in [0.25, 0.3) is 5.65 Å². The maximum Gasteiger partial charge on any atom is 0.573 e. The van der Waals surface area contributed by atoms with Gasteiger partial charge in [0.25, 0.3) is 0 Å². The Kier molecular flexibility index (Phi) is 6.29. The lowest BCUT2D eigenvalue weighted by molar-refractivity contribution is -0.274. The number of hydrogen-bond acceptors (Lipinski definition) is 3. The zero-order chi connectivity index (χ0) is 17.9. The first-order valence-electron chi connectivity index (χ1n) is 7.24. The molecule has 0 saturated carbocycles. The van der Waals surface area contributed by atoms with Crippen LogP contribution in [0, 0.1) is 0 Å². The van der Waals surface area contributed by atoms with Crippen LogP contribution in [0.5, 0.6) is 5.75 Å². The monoisotopic (exact) mass is 477 g/mol. The first-order valence-corrected chi connectivity index (χ1v) is 7.24. The average molecular weight is 477 g/mol. The number of hydrogen-bond donors (Lipinski definition) is 2. The summed E-state index contributed by atoms with van der Waals surface area (Å²) in [5.41, 5.74) is 7.82. The molecule has 26 heavy (non-hydrogen) atoms. The lowest BCUT2D eigenvalue weighted by atomic mass is 10.3. The maximum absolute atomic E-state index is 12.1. The largest absolute Gasteiger partial charge is 0.573 e. The molecule has 3 rings (SSSR count). The number of nitrogens with zero attached hydrogens (tertiary/aromatic N) is 3. The molecule has 6 nitrogen and oxygen atoms in total. The molecule has 138 valence electrons. The number of anilines is 1. The number of nitrogens with two attached hydrogens (primary N) is 1. The first kappa shape index (κ1) is 19.8. The fraction of sp³-hybridized carbons (Fsp3) is 0.125. The molecule has 0 atom stereocenters. The van der Waals surface area contributed by atoms with Crippen molar-refractivity contribution in [3.63, 3.8) is 0 Å². The second-order valence-electron chi connectivity index (χ2n) is 5.10. The van der Waals surface area contributed by atoms with Crippen molar-refractivity contribution < 1.29 is 17.9 Å². The lowest BCUT2D eigenvalue weighted by Gasteiger charge is -2.10. The van der Waals surface area contributed by atoms with E-state index in [1.165, 1.54) is 24.3 Å². The van der Waals surface area contributed by atoms with Crippen LogP contribution in [-0.2, 0) is 6.54 Å². The third-order valence-electron chi connectivity index (χ3n) is 3.19. The van der Waals surface area contributed by atoms with Gasteiger partial charge in [0.15, 0.2) is 5.96 Å². The molecule has 0 fully saturated rings. The van der Waals surface area contributed by atoms with Crippen LogP contribution >= 0.6 is 24.0 Å². The minimum absolute atomic E-state index is 0. The van der Waals surface area contributed by atoms with Crippen LogP contribution in [0.2, 0.25) is 0 Å². The molecule has 0 aliphatic rings. The van der Waals surface area contributed by atoms with Crippen LogP contribution in [0.4, 0.5) is 18.9 Å². The van der Waals surface area contributed by atoms with Crippen LogP contribution in [0.15, 0.2) is 59.9 Å². The third-order valence-corrected chi connectivity index (χ3v) is 3.19. The number of halogens is 4. The Morgan fingerprint density at radius 3 is 2.58 bits per heavy atom. The molecule has 0 aliphatic heterocycles. The number of pyridine rings is 1. The molecule has 1 aromatic carbocycles. The van der Waals surface area contributed by atoms with E-state index in [-0.39, 0.29) is 42.2 Å². The van der Waals surface area contributed by atoms with Crippen LogP contribution < -0.4 is 15.8 Å². The smallest absolute Gasteiger partial charge is 0.406 e. The van der Waals surface area contributed by atoms with Gasteiger partial charge in [-0.05, 0) is 36.4 Å². The maximum atomic E-state index is 12.1. The van der Waals surface area contributed by atoms with E-state index in [0.29, 0.717) is 5.69 Å². The van der Waals surface area contributed by atoms with E-state index in [0.717, 1.165) is 11.3 Å². The van der Waals surface area contributed by atoms with Gasteiger partial charge in [-0.25, -0.2) is 9.98 Å². The van der Waals surface area contributed by atoms with E-state index in [4.69, 9.17) is 5.73 Å². The number of alkyl halides is 3. The molecule has 0 aliphatic carbocycles. The van der Waals surface area contributed by atoms with E-state index in [1.54, 1.807) is 0 Å². The molecule has 0 spiro atoms. The van der Waals surface area contributed by atoms with Gasteiger partial charge in [-0.3, -0.25) is 0 Å². The number of benzene rings is 1. The predicted molar refractivity (Wildman–Crippen MR) is 103 cm³/mol. The fourth-order valence-electron chi connectivity index (χ4n) is 2.16. The molecule has 0 radical (unpaired) electrons. The van der Waals surface area contributed by atoms with E-state index >= 15 is 0 Å². The number of rotatable bonds is 4. The molecule has 3 N–H and O–H groups in total. The van der Waals surface area contributed by atoms with Gasteiger partial charge >= 0.3 is 6.36 Å². The molecule has 0 saturated heterocycles. The third kappa shape index (κ3) is 5.51. The normalized spacial score (nSPS) is 11.9. The summed E-state index contributed by atoms with van der Waals surface area (Å²) >= 11 is 0. The number of imidazole rings is 1. The Hall–Kier alpha value is -2.50. The summed E-state index contributed by atoms with van der Waals surface area (Å²) in [4.78, 5) is 8.55. The summed E-state index contributed by atoms with van der Waals surface area (Å²) in [6.07, 6.45) is -0.999. The quantitative estimate of drug-likeness (QED) is 0.341. The molecule has 2 aromatic heterocycles. The minimum Gasteiger partial charge on any atom is -0.406 e. The Bertz CT molecular complexity index is 860. The van der Waals surface area contributed by atoms with Crippen molar-refractivity contribution in [2.45, 2.75) is 12.9 Å². The van der Waals surface area contributed by atoms with Crippen molar-refractivity contribution in [3.05, 3.63) is 60.6 Å². The highest BCUT2D eigenvalue weighted by Gasteiger charge is 2.30. The van der Waals surface area contributed by atoms with Crippen molar-refractivity contribution in [1.29, 1.82) is 0 Å². The average Bonchev–Trinajstić information content (AvgIpc) is 2.96. The van der Waals surface area contributed by atoms with E-state index in [2.05, 4.69) is 20.0 Å². The standard InChI is InChI=1S/C16H14F3N5O.HI/c17-16(18,19)25-13-6-4-11(5-7-13)23-15(20)21-9-12-10-24-8-2-1-3-14(24)22-12;/h1-8,10H,9H2,(H3,20,21,23);1H. The summed E-state index contributed by atoms with van der Waals surface area (Å²) in [7, 11) is 0. The van der Waals surface area contributed by atoms with E-state index in [9.17, 15) is 13.2 Å². The highest BCUT2D eigenvalue weighted by Crippen LogP contribution is 2.23. The van der Waals surface area contributed by atoms with Gasteiger partial charge < -0.3 is 20.2 Å². The molecule has 0 amide bonds. The fourth-order valence-corrected chi connectivity index (χ4v) is 2.16. The van der Waals surface area contributed by atoms with Gasteiger partial charge in [0.1, 0.15) is 11.4 Å². The Balaban J connectivity index is 0.00000243. The predicted octanol–water partition coefficient (Wildman–Crippen LogP) is 3.78. The Morgan fingerprint density at radius 2 is 1.92 bits per heavy atom. The summed E-state index contributed by atoms with van der Waals surface area (Å²) < 4.78 is 42.0. The molecule has 10 heteroatoms. The van der Waals surface area contributed by atoms with Gasteiger partial charge in [-0.15, -0.1) is 37.1 Å². The van der Waals surface area contributed by atoms with Gasteiger partial charge in [0.2, 0.25) is 0 Å². The SMILES string of the molecule is I.NC(=NCc1cn2ccccc2n1)Nc1ccc(OC(F)(F)F)cc1. The second-order valence-corrected chi connectivity index (χ2v) is 5.10.